The van der Waals surface area contributed by atoms with E-state index in [1.807, 2.05) is 18.2 Å². The minimum Gasteiger partial charge on any atom is -0.364 e. The number of alkyl halides is 3. The third-order valence-electron chi connectivity index (χ3n) is 3.67. The molecule has 0 unspecified atom stereocenters. The maximum absolute atomic E-state index is 12.6. The summed E-state index contributed by atoms with van der Waals surface area (Å²) >= 11 is 0. The topological polar surface area (TPSA) is 66.9 Å². The molecule has 0 atom stereocenters. The van der Waals surface area contributed by atoms with E-state index in [2.05, 4.69) is 20.6 Å². The number of carbonyl (C=O) groups is 1. The van der Waals surface area contributed by atoms with Crippen LogP contribution in [0.2, 0.25) is 0 Å². The van der Waals surface area contributed by atoms with Gasteiger partial charge in [0, 0.05) is 11.8 Å². The number of nitrogens with one attached hydrogen (secondary N) is 2. The Morgan fingerprint density at radius 2 is 1.74 bits per heavy atom. The lowest BCUT2D eigenvalue weighted by molar-refractivity contribution is -0.137. The molecule has 0 saturated carbocycles. The van der Waals surface area contributed by atoms with Crippen LogP contribution in [0.15, 0.2) is 67.0 Å². The minimum absolute atomic E-state index is 0.125. The highest BCUT2D eigenvalue weighted by atomic mass is 19.4. The van der Waals surface area contributed by atoms with Crippen LogP contribution in [-0.4, -0.2) is 15.9 Å². The summed E-state index contributed by atoms with van der Waals surface area (Å²) in [5, 5.41) is 5.70. The van der Waals surface area contributed by atoms with Crippen molar-refractivity contribution in [2.45, 2.75) is 12.7 Å². The summed E-state index contributed by atoms with van der Waals surface area (Å²) in [4.78, 5) is 20.5. The molecule has 2 heterocycles. The van der Waals surface area contributed by atoms with E-state index in [9.17, 15) is 18.0 Å². The molecule has 0 aliphatic heterocycles. The second-order valence-electron chi connectivity index (χ2n) is 5.64. The Labute approximate surface area is 153 Å². The summed E-state index contributed by atoms with van der Waals surface area (Å²) < 4.78 is 37.7. The largest absolute Gasteiger partial charge is 0.416 e. The van der Waals surface area contributed by atoms with Gasteiger partial charge in [-0.25, -0.2) is 4.98 Å². The number of hydrogen-bond donors (Lipinski definition) is 2. The zero-order valence-electron chi connectivity index (χ0n) is 14.0. The van der Waals surface area contributed by atoms with E-state index in [1.54, 1.807) is 18.3 Å². The van der Waals surface area contributed by atoms with E-state index in [0.717, 1.165) is 30.0 Å². The van der Waals surface area contributed by atoms with Crippen LogP contribution >= 0.6 is 0 Å². The Morgan fingerprint density at radius 3 is 2.33 bits per heavy atom. The average Bonchev–Trinajstić information content (AvgIpc) is 2.68. The van der Waals surface area contributed by atoms with Crippen LogP contribution in [0.5, 0.6) is 0 Å². The van der Waals surface area contributed by atoms with Crippen LogP contribution in [0, 0.1) is 0 Å². The van der Waals surface area contributed by atoms with Crippen molar-refractivity contribution in [1.29, 1.82) is 0 Å². The fourth-order valence-electron chi connectivity index (χ4n) is 2.27. The molecule has 8 heteroatoms. The molecule has 138 valence electrons. The Hall–Kier alpha value is -3.42. The molecule has 5 nitrogen and oxygen atoms in total. The number of hydrogen-bond acceptors (Lipinski definition) is 4. The molecule has 1 amide bonds. The monoisotopic (exact) mass is 372 g/mol. The van der Waals surface area contributed by atoms with Crippen molar-refractivity contribution < 1.29 is 18.0 Å². The Balaban J connectivity index is 1.58. The lowest BCUT2D eigenvalue weighted by Gasteiger charge is -2.09. The first-order valence-electron chi connectivity index (χ1n) is 8.00. The van der Waals surface area contributed by atoms with Gasteiger partial charge in [0.15, 0.2) is 0 Å². The van der Waals surface area contributed by atoms with Gasteiger partial charge in [0.05, 0.1) is 29.7 Å². The molecule has 0 fully saturated rings. The number of aromatic nitrogens is 2. The standard InChI is InChI=1S/C19H15F3N4O/c20-19(21,22)14-6-4-13(5-7-14)18(27)26-16-8-9-17(25-12-16)24-11-15-3-1-2-10-23-15/h1-10,12H,11H2,(H,24,25)(H,26,27). The molecular weight excluding hydrogens is 357 g/mol. The number of halogens is 3. The van der Waals surface area contributed by atoms with Gasteiger partial charge in [-0.2, -0.15) is 13.2 Å². The smallest absolute Gasteiger partial charge is 0.364 e. The summed E-state index contributed by atoms with van der Waals surface area (Å²) in [5.74, 6) is 0.0906. The molecule has 3 aromatic rings. The van der Waals surface area contributed by atoms with Crippen molar-refractivity contribution in [3.05, 3.63) is 83.8 Å². The highest BCUT2D eigenvalue weighted by Gasteiger charge is 2.30. The van der Waals surface area contributed by atoms with Crippen molar-refractivity contribution in [2.75, 3.05) is 10.6 Å². The predicted molar refractivity (Wildman–Crippen MR) is 95.2 cm³/mol. The summed E-state index contributed by atoms with van der Waals surface area (Å²) in [6.45, 7) is 0.505. The third kappa shape index (κ3) is 5.04. The SMILES string of the molecule is O=C(Nc1ccc(NCc2ccccn2)nc1)c1ccc(C(F)(F)F)cc1. The zero-order valence-corrected chi connectivity index (χ0v) is 14.0. The van der Waals surface area contributed by atoms with Crippen LogP contribution < -0.4 is 10.6 Å². The highest BCUT2D eigenvalue weighted by molar-refractivity contribution is 6.04. The molecule has 0 radical (unpaired) electrons. The van der Waals surface area contributed by atoms with Crippen molar-refractivity contribution >= 4 is 17.4 Å². The average molecular weight is 372 g/mol. The number of nitrogens with zero attached hydrogens (tertiary/aromatic N) is 2. The van der Waals surface area contributed by atoms with Crippen molar-refractivity contribution in [1.82, 2.24) is 9.97 Å². The van der Waals surface area contributed by atoms with Crippen LogP contribution in [0.25, 0.3) is 0 Å². The predicted octanol–water partition coefficient (Wildman–Crippen LogP) is 4.36. The molecular formula is C19H15F3N4O. The Kier molecular flexibility index (Phi) is 5.35. The molecule has 2 N–H and O–H groups in total. The first-order valence-corrected chi connectivity index (χ1v) is 8.00. The molecule has 1 aromatic carbocycles. The molecule has 2 aromatic heterocycles. The lowest BCUT2D eigenvalue weighted by atomic mass is 10.1. The second-order valence-corrected chi connectivity index (χ2v) is 5.64. The molecule has 0 aliphatic carbocycles. The number of anilines is 2. The van der Waals surface area contributed by atoms with Crippen molar-refractivity contribution in [2.24, 2.45) is 0 Å². The number of pyridine rings is 2. The van der Waals surface area contributed by atoms with Crippen LogP contribution in [0.1, 0.15) is 21.6 Å². The first kappa shape index (κ1) is 18.4. The van der Waals surface area contributed by atoms with E-state index in [0.29, 0.717) is 18.1 Å². The maximum atomic E-state index is 12.6. The molecule has 27 heavy (non-hydrogen) atoms. The lowest BCUT2D eigenvalue weighted by Crippen LogP contribution is -2.13. The van der Waals surface area contributed by atoms with Gasteiger partial charge in [0.1, 0.15) is 5.82 Å². The number of carbonyl (C=O) groups excluding carboxylic acids is 1. The van der Waals surface area contributed by atoms with Crippen LogP contribution in [0.4, 0.5) is 24.7 Å². The molecule has 0 aliphatic rings. The van der Waals surface area contributed by atoms with E-state index >= 15 is 0 Å². The highest BCUT2D eigenvalue weighted by Crippen LogP contribution is 2.29. The Bertz CT molecular complexity index is 895. The molecule has 3 rings (SSSR count). The van der Waals surface area contributed by atoms with E-state index < -0.39 is 17.6 Å². The van der Waals surface area contributed by atoms with Gasteiger partial charge < -0.3 is 10.6 Å². The fourth-order valence-corrected chi connectivity index (χ4v) is 2.27. The summed E-state index contributed by atoms with van der Waals surface area (Å²) in [7, 11) is 0. The van der Waals surface area contributed by atoms with Gasteiger partial charge in [-0.05, 0) is 48.5 Å². The van der Waals surface area contributed by atoms with Crippen LogP contribution in [0.3, 0.4) is 0 Å². The van der Waals surface area contributed by atoms with Gasteiger partial charge >= 0.3 is 6.18 Å². The summed E-state index contributed by atoms with van der Waals surface area (Å²) in [5.41, 5.74) is 0.617. The number of rotatable bonds is 5. The van der Waals surface area contributed by atoms with Crippen molar-refractivity contribution in [3.8, 4) is 0 Å². The summed E-state index contributed by atoms with van der Waals surface area (Å²) in [6.07, 6.45) is -1.27. The molecule has 0 spiro atoms. The van der Waals surface area contributed by atoms with Gasteiger partial charge in [-0.15, -0.1) is 0 Å². The number of amides is 1. The van der Waals surface area contributed by atoms with E-state index in [1.165, 1.54) is 6.20 Å². The van der Waals surface area contributed by atoms with E-state index in [4.69, 9.17) is 0 Å². The molecule has 0 saturated heterocycles. The van der Waals surface area contributed by atoms with Crippen LogP contribution in [-0.2, 0) is 12.7 Å². The third-order valence-corrected chi connectivity index (χ3v) is 3.67. The first-order chi connectivity index (χ1) is 12.9. The fraction of sp³-hybridized carbons (Fsp3) is 0.105. The van der Waals surface area contributed by atoms with Gasteiger partial charge in [-0.3, -0.25) is 9.78 Å². The summed E-state index contributed by atoms with van der Waals surface area (Å²) in [6, 6.07) is 12.9. The second kappa shape index (κ2) is 7.86. The minimum atomic E-state index is -4.43. The number of benzene rings is 1. The van der Waals surface area contributed by atoms with Crippen molar-refractivity contribution in [3.63, 3.8) is 0 Å². The molecule has 0 bridgehead atoms. The Morgan fingerprint density at radius 1 is 0.963 bits per heavy atom. The normalized spacial score (nSPS) is 11.1. The quantitative estimate of drug-likeness (QED) is 0.698. The van der Waals surface area contributed by atoms with Gasteiger partial charge in [-0.1, -0.05) is 6.07 Å². The zero-order chi connectivity index (χ0) is 19.3. The van der Waals surface area contributed by atoms with E-state index in [-0.39, 0.29) is 5.56 Å². The van der Waals surface area contributed by atoms with Gasteiger partial charge in [0.25, 0.3) is 5.91 Å². The van der Waals surface area contributed by atoms with Gasteiger partial charge in [0.2, 0.25) is 0 Å². The maximum Gasteiger partial charge on any atom is 0.416 e.